The maximum absolute atomic E-state index is 5.96. The van der Waals surface area contributed by atoms with Crippen LogP contribution in [0.4, 0.5) is 0 Å². The summed E-state index contributed by atoms with van der Waals surface area (Å²) < 4.78 is 5.96. The normalized spacial score (nSPS) is 23.5. The zero-order valence-electron chi connectivity index (χ0n) is 15.4. The third-order valence-electron chi connectivity index (χ3n) is 5.46. The van der Waals surface area contributed by atoms with E-state index in [-0.39, 0.29) is 0 Å². The molecule has 3 rings (SSSR count). The average molecular weight is 338 g/mol. The first-order valence-electron chi connectivity index (χ1n) is 9.76. The summed E-state index contributed by atoms with van der Waals surface area (Å²) in [6.07, 6.45) is 4.99. The highest BCUT2D eigenvalue weighted by Gasteiger charge is 2.30. The molecule has 2 aromatic carbocycles. The van der Waals surface area contributed by atoms with Crippen molar-refractivity contribution < 1.29 is 4.74 Å². The van der Waals surface area contributed by atoms with Crippen molar-refractivity contribution in [2.75, 3.05) is 13.2 Å². The van der Waals surface area contributed by atoms with E-state index in [1.54, 1.807) is 0 Å². The fourth-order valence-electron chi connectivity index (χ4n) is 4.14. The van der Waals surface area contributed by atoms with Crippen molar-refractivity contribution in [2.45, 2.75) is 51.2 Å². The van der Waals surface area contributed by atoms with E-state index >= 15 is 0 Å². The lowest BCUT2D eigenvalue weighted by Gasteiger charge is -2.37. The van der Waals surface area contributed by atoms with Gasteiger partial charge in [0, 0.05) is 12.6 Å². The minimum atomic E-state index is 0.644. The number of rotatable bonds is 8. The Morgan fingerprint density at radius 1 is 0.960 bits per heavy atom. The van der Waals surface area contributed by atoms with Crippen LogP contribution in [0.5, 0.6) is 0 Å². The molecule has 0 heterocycles. The largest absolute Gasteiger partial charge is 0.377 e. The quantitative estimate of drug-likeness (QED) is 0.672. The summed E-state index contributed by atoms with van der Waals surface area (Å²) >= 11 is 0. The summed E-state index contributed by atoms with van der Waals surface area (Å²) in [5, 5.41) is 3.71. The van der Waals surface area contributed by atoms with Gasteiger partial charge in [-0.1, -0.05) is 67.6 Å². The van der Waals surface area contributed by atoms with Gasteiger partial charge in [0.1, 0.15) is 0 Å². The summed E-state index contributed by atoms with van der Waals surface area (Å²) in [5.74, 6) is 1.41. The van der Waals surface area contributed by atoms with Gasteiger partial charge in [0.15, 0.2) is 0 Å². The van der Waals surface area contributed by atoms with Crippen LogP contribution < -0.4 is 5.32 Å². The molecule has 0 saturated heterocycles. The molecule has 3 atom stereocenters. The van der Waals surface area contributed by atoms with Gasteiger partial charge in [-0.15, -0.1) is 0 Å². The van der Waals surface area contributed by atoms with Crippen molar-refractivity contribution in [1.82, 2.24) is 5.32 Å². The van der Waals surface area contributed by atoms with Gasteiger partial charge in [0.05, 0.1) is 6.61 Å². The third kappa shape index (κ3) is 5.42. The first-order chi connectivity index (χ1) is 12.4. The molecule has 0 aliphatic heterocycles. The number of benzene rings is 2. The van der Waals surface area contributed by atoms with Crippen molar-refractivity contribution in [2.24, 2.45) is 5.92 Å². The predicted octanol–water partition coefficient (Wildman–Crippen LogP) is 5.16. The van der Waals surface area contributed by atoms with Crippen LogP contribution in [0.2, 0.25) is 0 Å². The summed E-state index contributed by atoms with van der Waals surface area (Å²) in [6.45, 7) is 4.85. The Morgan fingerprint density at radius 2 is 1.68 bits per heavy atom. The highest BCUT2D eigenvalue weighted by Crippen LogP contribution is 2.37. The minimum Gasteiger partial charge on any atom is -0.377 e. The van der Waals surface area contributed by atoms with Crippen LogP contribution in [0, 0.1) is 5.92 Å². The van der Waals surface area contributed by atoms with E-state index in [9.17, 15) is 0 Å². The summed E-state index contributed by atoms with van der Waals surface area (Å²) in [5.41, 5.74) is 2.77. The molecule has 2 nitrogen and oxygen atoms in total. The van der Waals surface area contributed by atoms with E-state index in [0.717, 1.165) is 26.2 Å². The van der Waals surface area contributed by atoms with Crippen LogP contribution in [0.3, 0.4) is 0 Å². The van der Waals surface area contributed by atoms with E-state index in [1.165, 1.54) is 30.4 Å². The van der Waals surface area contributed by atoms with Gasteiger partial charge in [-0.2, -0.15) is 0 Å². The molecule has 25 heavy (non-hydrogen) atoms. The highest BCUT2D eigenvalue weighted by molar-refractivity contribution is 5.20. The molecular weight excluding hydrogens is 306 g/mol. The lowest BCUT2D eigenvalue weighted by Crippen LogP contribution is -2.40. The second kappa shape index (κ2) is 9.74. The summed E-state index contributed by atoms with van der Waals surface area (Å²) in [7, 11) is 0. The van der Waals surface area contributed by atoms with Crippen molar-refractivity contribution >= 4 is 0 Å². The average Bonchev–Trinajstić information content (AvgIpc) is 2.68. The van der Waals surface area contributed by atoms with Gasteiger partial charge in [-0.05, 0) is 55.2 Å². The predicted molar refractivity (Wildman–Crippen MR) is 105 cm³/mol. The van der Waals surface area contributed by atoms with Crippen LogP contribution in [0.25, 0.3) is 0 Å². The number of ether oxygens (including phenoxy) is 1. The van der Waals surface area contributed by atoms with Crippen LogP contribution in [-0.4, -0.2) is 19.2 Å². The molecule has 1 saturated carbocycles. The highest BCUT2D eigenvalue weighted by atomic mass is 16.5. The van der Waals surface area contributed by atoms with Crippen LogP contribution in [0.15, 0.2) is 60.7 Å². The molecule has 2 aromatic rings. The monoisotopic (exact) mass is 337 g/mol. The van der Waals surface area contributed by atoms with Gasteiger partial charge >= 0.3 is 0 Å². The van der Waals surface area contributed by atoms with Gasteiger partial charge < -0.3 is 10.1 Å². The molecule has 1 N–H and O–H groups in total. The molecule has 134 valence electrons. The van der Waals surface area contributed by atoms with E-state index in [0.29, 0.717) is 17.9 Å². The smallest absolute Gasteiger partial charge is 0.0716 e. The Morgan fingerprint density at radius 3 is 2.40 bits per heavy atom. The SMILES string of the molecule is CCNC1CCC(c2ccccc2)CC1CCOCc1ccccc1. The molecule has 0 amide bonds. The van der Waals surface area contributed by atoms with Crippen molar-refractivity contribution in [1.29, 1.82) is 0 Å². The van der Waals surface area contributed by atoms with Crippen molar-refractivity contribution in [3.8, 4) is 0 Å². The summed E-state index contributed by atoms with van der Waals surface area (Å²) in [6, 6.07) is 22.2. The molecule has 2 heteroatoms. The van der Waals surface area contributed by atoms with E-state index in [2.05, 4.69) is 72.9 Å². The lowest BCUT2D eigenvalue weighted by atomic mass is 9.74. The fourth-order valence-corrected chi connectivity index (χ4v) is 4.14. The lowest BCUT2D eigenvalue weighted by molar-refractivity contribution is 0.0917. The molecule has 0 spiro atoms. The maximum atomic E-state index is 5.96. The fraction of sp³-hybridized carbons (Fsp3) is 0.478. The first-order valence-corrected chi connectivity index (χ1v) is 9.76. The first kappa shape index (κ1) is 18.2. The van der Waals surface area contributed by atoms with Gasteiger partial charge in [0.2, 0.25) is 0 Å². The Labute approximate surface area is 152 Å². The van der Waals surface area contributed by atoms with Gasteiger partial charge in [0.25, 0.3) is 0 Å². The molecule has 1 aliphatic carbocycles. The standard InChI is InChI=1S/C23H31NO/c1-2-24-23-14-13-21(20-11-7-4-8-12-20)17-22(23)15-16-25-18-19-9-5-3-6-10-19/h3-12,21-24H,2,13-18H2,1H3. The zero-order valence-corrected chi connectivity index (χ0v) is 15.4. The van der Waals surface area contributed by atoms with Crippen LogP contribution in [-0.2, 0) is 11.3 Å². The van der Waals surface area contributed by atoms with E-state index < -0.39 is 0 Å². The molecule has 3 unspecified atom stereocenters. The maximum Gasteiger partial charge on any atom is 0.0716 e. The Kier molecular flexibility index (Phi) is 7.08. The summed E-state index contributed by atoms with van der Waals surface area (Å²) in [4.78, 5) is 0. The molecular formula is C23H31NO. The van der Waals surface area contributed by atoms with Gasteiger partial charge in [-0.3, -0.25) is 0 Å². The zero-order chi connectivity index (χ0) is 17.3. The minimum absolute atomic E-state index is 0.644. The van der Waals surface area contributed by atoms with Crippen LogP contribution >= 0.6 is 0 Å². The Bertz CT molecular complexity index is 598. The number of hydrogen-bond acceptors (Lipinski definition) is 2. The van der Waals surface area contributed by atoms with Crippen LogP contribution in [0.1, 0.15) is 49.7 Å². The van der Waals surface area contributed by atoms with Crippen molar-refractivity contribution in [3.05, 3.63) is 71.8 Å². The second-order valence-electron chi connectivity index (χ2n) is 7.17. The van der Waals surface area contributed by atoms with E-state index in [1.807, 2.05) is 0 Å². The Balaban J connectivity index is 1.52. The molecule has 0 bridgehead atoms. The third-order valence-corrected chi connectivity index (χ3v) is 5.46. The van der Waals surface area contributed by atoms with Gasteiger partial charge in [-0.25, -0.2) is 0 Å². The second-order valence-corrected chi connectivity index (χ2v) is 7.17. The van der Waals surface area contributed by atoms with E-state index in [4.69, 9.17) is 4.74 Å². The molecule has 0 radical (unpaired) electrons. The molecule has 0 aromatic heterocycles. The number of nitrogens with one attached hydrogen (secondary N) is 1. The van der Waals surface area contributed by atoms with Crippen molar-refractivity contribution in [3.63, 3.8) is 0 Å². The Hall–Kier alpha value is -1.64. The number of hydrogen-bond donors (Lipinski definition) is 1. The topological polar surface area (TPSA) is 21.3 Å². The molecule has 1 fully saturated rings. The molecule has 1 aliphatic rings.